The summed E-state index contributed by atoms with van der Waals surface area (Å²) in [5.74, 6) is 1.44. The molecule has 1 aromatic carbocycles. The molecule has 0 aliphatic rings. The van der Waals surface area contributed by atoms with Crippen molar-refractivity contribution in [3.05, 3.63) is 34.9 Å². The van der Waals surface area contributed by atoms with Crippen LogP contribution in [-0.4, -0.2) is 16.8 Å². The van der Waals surface area contributed by atoms with E-state index in [2.05, 4.69) is 34.6 Å². The molecule has 0 saturated carbocycles. The van der Waals surface area contributed by atoms with Gasteiger partial charge in [-0.1, -0.05) is 32.9 Å². The van der Waals surface area contributed by atoms with Gasteiger partial charge in [0.15, 0.2) is 5.78 Å². The Morgan fingerprint density at radius 3 is 2.35 bits per heavy atom. The van der Waals surface area contributed by atoms with E-state index < -0.39 is 0 Å². The average molecular weight is 250 g/mol. The zero-order valence-corrected chi connectivity index (χ0v) is 12.2. The fourth-order valence-corrected chi connectivity index (χ4v) is 2.36. The minimum Gasteiger partial charge on any atom is -0.293 e. The highest BCUT2D eigenvalue weighted by Crippen LogP contribution is 2.20. The van der Waals surface area contributed by atoms with Gasteiger partial charge in [0.25, 0.3) is 0 Å². The van der Waals surface area contributed by atoms with E-state index in [-0.39, 0.29) is 5.78 Å². The molecule has 1 aromatic rings. The number of thioether (sulfide) groups is 1. The molecular weight excluding hydrogens is 228 g/mol. The van der Waals surface area contributed by atoms with Gasteiger partial charge in [-0.25, -0.2) is 0 Å². The Labute approximate surface area is 109 Å². The number of ketones is 1. The van der Waals surface area contributed by atoms with Gasteiger partial charge >= 0.3 is 0 Å². The first kappa shape index (κ1) is 14.3. The van der Waals surface area contributed by atoms with Crippen LogP contribution in [0.25, 0.3) is 0 Å². The van der Waals surface area contributed by atoms with Gasteiger partial charge < -0.3 is 0 Å². The Morgan fingerprint density at radius 2 is 1.82 bits per heavy atom. The van der Waals surface area contributed by atoms with Crippen LogP contribution >= 0.6 is 11.8 Å². The summed E-state index contributed by atoms with van der Waals surface area (Å²) in [7, 11) is 0. The number of hydrogen-bond donors (Lipinski definition) is 0. The third kappa shape index (κ3) is 4.19. The Kier molecular flexibility index (Phi) is 5.26. The van der Waals surface area contributed by atoms with Gasteiger partial charge in [0.1, 0.15) is 0 Å². The summed E-state index contributed by atoms with van der Waals surface area (Å²) < 4.78 is 0. The van der Waals surface area contributed by atoms with Gasteiger partial charge in [-0.2, -0.15) is 11.8 Å². The van der Waals surface area contributed by atoms with Gasteiger partial charge in [-0.05, 0) is 37.0 Å². The lowest BCUT2D eigenvalue weighted by molar-refractivity contribution is 0.102. The van der Waals surface area contributed by atoms with Crippen LogP contribution in [0.3, 0.4) is 0 Å². The molecule has 0 radical (unpaired) electrons. The lowest BCUT2D eigenvalue weighted by Crippen LogP contribution is -2.11. The molecule has 0 spiro atoms. The highest BCUT2D eigenvalue weighted by atomic mass is 32.2. The summed E-state index contributed by atoms with van der Waals surface area (Å²) in [6.07, 6.45) is 0. The van der Waals surface area contributed by atoms with Crippen LogP contribution in [0.4, 0.5) is 0 Å². The summed E-state index contributed by atoms with van der Waals surface area (Å²) in [4.78, 5) is 12.0. The molecule has 0 saturated heterocycles. The maximum absolute atomic E-state index is 12.0. The molecule has 1 atom stereocenters. The summed E-state index contributed by atoms with van der Waals surface area (Å²) >= 11 is 1.75. The van der Waals surface area contributed by atoms with Crippen molar-refractivity contribution in [2.45, 2.75) is 39.9 Å². The van der Waals surface area contributed by atoms with E-state index >= 15 is 0 Å². The van der Waals surface area contributed by atoms with Crippen molar-refractivity contribution in [1.29, 1.82) is 0 Å². The van der Waals surface area contributed by atoms with Crippen molar-refractivity contribution in [2.24, 2.45) is 5.92 Å². The minimum atomic E-state index is 0.241. The third-order valence-electron chi connectivity index (χ3n) is 3.25. The zero-order valence-electron chi connectivity index (χ0n) is 11.4. The standard InChI is InChI=1S/C15H22OS/c1-10(2)13(5)17-9-15(16)14-7-6-11(3)12(4)8-14/h6-8,10,13H,9H2,1-5H3. The summed E-state index contributed by atoms with van der Waals surface area (Å²) in [5, 5.41) is 0.533. The van der Waals surface area contributed by atoms with Gasteiger partial charge in [-0.3, -0.25) is 4.79 Å². The van der Waals surface area contributed by atoms with Crippen molar-refractivity contribution in [1.82, 2.24) is 0 Å². The van der Waals surface area contributed by atoms with Crippen LogP contribution in [0.2, 0.25) is 0 Å². The smallest absolute Gasteiger partial charge is 0.172 e. The molecule has 0 bridgehead atoms. The maximum atomic E-state index is 12.0. The Morgan fingerprint density at radius 1 is 1.18 bits per heavy atom. The van der Waals surface area contributed by atoms with Crippen LogP contribution in [0, 0.1) is 19.8 Å². The number of carbonyl (C=O) groups excluding carboxylic acids is 1. The predicted molar refractivity (Wildman–Crippen MR) is 77.0 cm³/mol. The molecule has 1 rings (SSSR count). The Balaban J connectivity index is 2.61. The highest BCUT2D eigenvalue weighted by molar-refractivity contribution is 8.00. The second-order valence-corrected chi connectivity index (χ2v) is 6.35. The van der Waals surface area contributed by atoms with E-state index in [9.17, 15) is 4.79 Å². The van der Waals surface area contributed by atoms with Crippen molar-refractivity contribution >= 4 is 17.5 Å². The second kappa shape index (κ2) is 6.25. The third-order valence-corrected chi connectivity index (χ3v) is 4.74. The van der Waals surface area contributed by atoms with Crippen LogP contribution in [0.5, 0.6) is 0 Å². The first-order chi connectivity index (χ1) is 7.91. The molecule has 1 nitrogen and oxygen atoms in total. The van der Waals surface area contributed by atoms with Gasteiger partial charge in [0.05, 0.1) is 5.75 Å². The topological polar surface area (TPSA) is 17.1 Å². The van der Waals surface area contributed by atoms with Crippen molar-refractivity contribution in [3.63, 3.8) is 0 Å². The van der Waals surface area contributed by atoms with E-state index in [1.807, 2.05) is 18.2 Å². The normalized spacial score (nSPS) is 12.8. The number of rotatable bonds is 5. The van der Waals surface area contributed by atoms with Crippen LogP contribution in [0.15, 0.2) is 18.2 Å². The fourth-order valence-electron chi connectivity index (χ4n) is 1.40. The molecule has 0 aliphatic carbocycles. The zero-order chi connectivity index (χ0) is 13.0. The largest absolute Gasteiger partial charge is 0.293 e. The van der Waals surface area contributed by atoms with E-state index in [0.29, 0.717) is 16.9 Å². The predicted octanol–water partition coefficient (Wildman–Crippen LogP) is 4.26. The first-order valence-corrected chi connectivity index (χ1v) is 7.18. The van der Waals surface area contributed by atoms with Crippen LogP contribution in [-0.2, 0) is 0 Å². The summed E-state index contributed by atoms with van der Waals surface area (Å²) in [6.45, 7) is 10.7. The molecular formula is C15H22OS. The average Bonchev–Trinajstić information content (AvgIpc) is 2.28. The molecule has 1 unspecified atom stereocenters. The van der Waals surface area contributed by atoms with Crippen LogP contribution in [0.1, 0.15) is 42.3 Å². The van der Waals surface area contributed by atoms with Gasteiger partial charge in [-0.15, -0.1) is 0 Å². The molecule has 2 heteroatoms. The summed E-state index contributed by atoms with van der Waals surface area (Å²) in [6, 6.07) is 5.96. The number of carbonyl (C=O) groups is 1. The molecule has 17 heavy (non-hydrogen) atoms. The Hall–Kier alpha value is -0.760. The van der Waals surface area contributed by atoms with E-state index in [1.165, 1.54) is 11.1 Å². The maximum Gasteiger partial charge on any atom is 0.172 e. The van der Waals surface area contributed by atoms with Crippen LogP contribution < -0.4 is 0 Å². The number of aryl methyl sites for hydroxylation is 2. The van der Waals surface area contributed by atoms with Gasteiger partial charge in [0.2, 0.25) is 0 Å². The molecule has 0 aromatic heterocycles. The minimum absolute atomic E-state index is 0.241. The Bertz CT molecular complexity index is 396. The SMILES string of the molecule is Cc1ccc(C(=O)CSC(C)C(C)C)cc1C. The molecule has 0 heterocycles. The number of benzene rings is 1. The molecule has 94 valence electrons. The molecule has 0 amide bonds. The molecule has 0 fully saturated rings. The first-order valence-electron chi connectivity index (χ1n) is 6.14. The molecule has 0 N–H and O–H groups in total. The van der Waals surface area contributed by atoms with E-state index in [0.717, 1.165) is 5.56 Å². The summed E-state index contributed by atoms with van der Waals surface area (Å²) in [5.41, 5.74) is 3.28. The second-order valence-electron chi connectivity index (χ2n) is 4.98. The highest BCUT2D eigenvalue weighted by Gasteiger charge is 2.12. The van der Waals surface area contributed by atoms with E-state index in [4.69, 9.17) is 0 Å². The van der Waals surface area contributed by atoms with Crippen molar-refractivity contribution in [2.75, 3.05) is 5.75 Å². The van der Waals surface area contributed by atoms with Gasteiger partial charge in [0, 0.05) is 10.8 Å². The monoisotopic (exact) mass is 250 g/mol. The van der Waals surface area contributed by atoms with Crippen molar-refractivity contribution in [3.8, 4) is 0 Å². The van der Waals surface area contributed by atoms with E-state index in [1.54, 1.807) is 11.8 Å². The number of hydrogen-bond acceptors (Lipinski definition) is 2. The lowest BCUT2D eigenvalue weighted by Gasteiger charge is -2.14. The molecule has 0 aliphatic heterocycles. The lowest BCUT2D eigenvalue weighted by atomic mass is 10.0. The fraction of sp³-hybridized carbons (Fsp3) is 0.533. The number of Topliss-reactive ketones (excluding diaryl/α,β-unsaturated/α-hetero) is 1. The quantitative estimate of drug-likeness (QED) is 0.726. The van der Waals surface area contributed by atoms with Crippen molar-refractivity contribution < 1.29 is 4.79 Å².